The van der Waals surface area contributed by atoms with Crippen LogP contribution in [0.4, 0.5) is 5.69 Å². The Morgan fingerprint density at radius 2 is 2.06 bits per heavy atom. The van der Waals surface area contributed by atoms with Crippen molar-refractivity contribution in [1.82, 2.24) is 0 Å². The van der Waals surface area contributed by atoms with Crippen LogP contribution in [0, 0.1) is 19.8 Å². The molecule has 0 saturated heterocycles. The van der Waals surface area contributed by atoms with E-state index < -0.39 is 0 Å². The molecular weight excluding hydrogens is 202 g/mol. The van der Waals surface area contributed by atoms with Crippen LogP contribution < -0.4 is 9.64 Å². The molecule has 1 aliphatic heterocycles. The summed E-state index contributed by atoms with van der Waals surface area (Å²) in [6.45, 7) is 6.44. The summed E-state index contributed by atoms with van der Waals surface area (Å²) < 4.78 is 5.75. The minimum Gasteiger partial charge on any atom is -0.490 e. The topological polar surface area (TPSA) is 29.5 Å². The van der Waals surface area contributed by atoms with Crippen molar-refractivity contribution in [3.05, 3.63) is 23.3 Å². The molecular formula is C13H17NO2. The lowest BCUT2D eigenvalue weighted by atomic mass is 10.1. The smallest absolute Gasteiger partial charge is 0.233 e. The van der Waals surface area contributed by atoms with Crippen LogP contribution in [0.5, 0.6) is 5.75 Å². The number of anilines is 1. The number of rotatable bonds is 0. The Hall–Kier alpha value is -1.51. The molecule has 86 valence electrons. The summed E-state index contributed by atoms with van der Waals surface area (Å²) in [6.07, 6.45) is 0. The number of fused-ring (bicyclic) bond motifs is 1. The summed E-state index contributed by atoms with van der Waals surface area (Å²) in [5.41, 5.74) is 3.18. The zero-order valence-electron chi connectivity index (χ0n) is 10.2. The first-order valence-corrected chi connectivity index (χ1v) is 5.53. The first-order chi connectivity index (χ1) is 7.52. The van der Waals surface area contributed by atoms with Gasteiger partial charge in [-0.3, -0.25) is 4.79 Å². The van der Waals surface area contributed by atoms with Crippen molar-refractivity contribution < 1.29 is 9.53 Å². The van der Waals surface area contributed by atoms with Gasteiger partial charge >= 0.3 is 0 Å². The number of hydrogen-bond donors (Lipinski definition) is 0. The van der Waals surface area contributed by atoms with E-state index in [2.05, 4.69) is 6.92 Å². The highest BCUT2D eigenvalue weighted by Gasteiger charge is 2.27. The second-order valence-electron chi connectivity index (χ2n) is 4.47. The molecule has 0 bridgehead atoms. The van der Waals surface area contributed by atoms with E-state index in [1.165, 1.54) is 5.56 Å². The maximum absolute atomic E-state index is 11.9. The molecule has 3 heteroatoms. The molecule has 1 aromatic rings. The molecule has 16 heavy (non-hydrogen) atoms. The number of aryl methyl sites for hydroxylation is 1. The minimum absolute atomic E-state index is 0.0860. The van der Waals surface area contributed by atoms with Crippen molar-refractivity contribution in [2.75, 3.05) is 18.6 Å². The Morgan fingerprint density at radius 1 is 1.38 bits per heavy atom. The lowest BCUT2D eigenvalue weighted by molar-refractivity contribution is -0.122. The summed E-state index contributed by atoms with van der Waals surface area (Å²) in [6, 6.07) is 3.98. The van der Waals surface area contributed by atoms with E-state index in [1.54, 1.807) is 11.9 Å². The molecule has 0 N–H and O–H groups in total. The first kappa shape index (κ1) is 11.0. The second-order valence-corrected chi connectivity index (χ2v) is 4.47. The predicted octanol–water partition coefficient (Wildman–Crippen LogP) is 2.29. The molecule has 3 nitrogen and oxygen atoms in total. The van der Waals surface area contributed by atoms with E-state index >= 15 is 0 Å². The number of carbonyl (C=O) groups excluding carboxylic acids is 1. The van der Waals surface area contributed by atoms with Crippen molar-refractivity contribution in [2.24, 2.45) is 5.92 Å². The summed E-state index contributed by atoms with van der Waals surface area (Å²) in [5, 5.41) is 0. The highest BCUT2D eigenvalue weighted by atomic mass is 16.5. The first-order valence-electron chi connectivity index (χ1n) is 5.53. The lowest BCUT2D eigenvalue weighted by Crippen LogP contribution is -2.31. The Morgan fingerprint density at radius 3 is 2.75 bits per heavy atom. The van der Waals surface area contributed by atoms with Gasteiger partial charge in [0.25, 0.3) is 0 Å². The molecule has 1 atom stereocenters. The van der Waals surface area contributed by atoms with Gasteiger partial charge in [0.15, 0.2) is 0 Å². The molecule has 0 aromatic heterocycles. The van der Waals surface area contributed by atoms with E-state index in [4.69, 9.17) is 4.74 Å². The fourth-order valence-electron chi connectivity index (χ4n) is 1.95. The Bertz CT molecular complexity index is 440. The van der Waals surface area contributed by atoms with E-state index in [1.807, 2.05) is 26.0 Å². The van der Waals surface area contributed by atoms with Crippen LogP contribution in [-0.4, -0.2) is 19.6 Å². The normalized spacial score (nSPS) is 20.1. The maximum Gasteiger partial charge on any atom is 0.233 e. The van der Waals surface area contributed by atoms with Gasteiger partial charge < -0.3 is 9.64 Å². The van der Waals surface area contributed by atoms with Crippen LogP contribution in [0.25, 0.3) is 0 Å². The lowest BCUT2D eigenvalue weighted by Gasteiger charge is -2.19. The van der Waals surface area contributed by atoms with Crippen LogP contribution in [0.1, 0.15) is 18.1 Å². The third kappa shape index (κ3) is 1.56. The third-order valence-electron chi connectivity index (χ3n) is 3.25. The third-order valence-corrected chi connectivity index (χ3v) is 3.25. The standard InChI is InChI=1S/C13H17NO2/c1-8-5-6-11-12(10(8)3)16-7-9(2)13(15)14(11)4/h5-6,9H,7H2,1-4H3. The average molecular weight is 219 g/mol. The Labute approximate surface area is 96.0 Å². The van der Waals surface area contributed by atoms with Crippen molar-refractivity contribution in [2.45, 2.75) is 20.8 Å². The highest BCUT2D eigenvalue weighted by Crippen LogP contribution is 2.36. The average Bonchev–Trinajstić information content (AvgIpc) is 2.37. The quantitative estimate of drug-likeness (QED) is 0.670. The van der Waals surface area contributed by atoms with Crippen LogP contribution in [-0.2, 0) is 4.79 Å². The zero-order chi connectivity index (χ0) is 11.9. The van der Waals surface area contributed by atoms with E-state index in [0.29, 0.717) is 6.61 Å². The highest BCUT2D eigenvalue weighted by molar-refractivity contribution is 5.96. The van der Waals surface area contributed by atoms with Crippen molar-refractivity contribution in [3.8, 4) is 5.75 Å². The molecule has 0 radical (unpaired) electrons. The molecule has 0 aliphatic carbocycles. The Kier molecular flexibility index (Phi) is 2.62. The second kappa shape index (κ2) is 3.81. The number of nitrogens with zero attached hydrogens (tertiary/aromatic N) is 1. The summed E-state index contributed by atoms with van der Waals surface area (Å²) in [7, 11) is 1.81. The predicted molar refractivity (Wildman–Crippen MR) is 64.0 cm³/mol. The van der Waals surface area contributed by atoms with Gasteiger partial charge in [-0.05, 0) is 31.0 Å². The van der Waals surface area contributed by atoms with Crippen molar-refractivity contribution in [1.29, 1.82) is 0 Å². The molecule has 1 amide bonds. The van der Waals surface area contributed by atoms with Crippen molar-refractivity contribution in [3.63, 3.8) is 0 Å². The molecule has 1 heterocycles. The maximum atomic E-state index is 11.9. The van der Waals surface area contributed by atoms with Gasteiger partial charge in [0.1, 0.15) is 5.75 Å². The van der Waals surface area contributed by atoms with Gasteiger partial charge in [-0.2, -0.15) is 0 Å². The molecule has 2 rings (SSSR count). The van der Waals surface area contributed by atoms with Gasteiger partial charge in [-0.15, -0.1) is 0 Å². The van der Waals surface area contributed by atoms with Crippen molar-refractivity contribution >= 4 is 11.6 Å². The number of benzene rings is 1. The molecule has 0 saturated carbocycles. The number of hydrogen-bond acceptors (Lipinski definition) is 2. The van der Waals surface area contributed by atoms with Gasteiger partial charge in [-0.1, -0.05) is 13.0 Å². The fraction of sp³-hybridized carbons (Fsp3) is 0.462. The minimum atomic E-state index is -0.0860. The van der Waals surface area contributed by atoms with E-state index in [0.717, 1.165) is 17.0 Å². The van der Waals surface area contributed by atoms with Gasteiger partial charge in [0.05, 0.1) is 18.2 Å². The molecule has 1 aromatic carbocycles. The Balaban J connectivity index is 2.56. The zero-order valence-corrected chi connectivity index (χ0v) is 10.2. The monoisotopic (exact) mass is 219 g/mol. The fourth-order valence-corrected chi connectivity index (χ4v) is 1.95. The van der Waals surface area contributed by atoms with Crippen LogP contribution in [0.2, 0.25) is 0 Å². The van der Waals surface area contributed by atoms with Gasteiger partial charge in [0, 0.05) is 7.05 Å². The molecule has 0 fully saturated rings. The largest absolute Gasteiger partial charge is 0.490 e. The summed E-state index contributed by atoms with van der Waals surface area (Å²) in [4.78, 5) is 13.6. The molecule has 0 spiro atoms. The van der Waals surface area contributed by atoms with Gasteiger partial charge in [0.2, 0.25) is 5.91 Å². The number of carbonyl (C=O) groups is 1. The summed E-state index contributed by atoms with van der Waals surface area (Å²) >= 11 is 0. The SMILES string of the molecule is Cc1ccc2c(c1C)OCC(C)C(=O)N2C. The van der Waals surface area contributed by atoms with Crippen LogP contribution in [0.3, 0.4) is 0 Å². The number of ether oxygens (including phenoxy) is 1. The number of amides is 1. The van der Waals surface area contributed by atoms with Crippen LogP contribution in [0.15, 0.2) is 12.1 Å². The van der Waals surface area contributed by atoms with E-state index in [-0.39, 0.29) is 11.8 Å². The summed E-state index contributed by atoms with van der Waals surface area (Å²) in [5.74, 6) is 0.874. The van der Waals surface area contributed by atoms with Gasteiger partial charge in [-0.25, -0.2) is 0 Å². The molecule has 1 aliphatic rings. The van der Waals surface area contributed by atoms with Crippen LogP contribution >= 0.6 is 0 Å². The van der Waals surface area contributed by atoms with E-state index in [9.17, 15) is 4.79 Å². The molecule has 1 unspecified atom stereocenters.